The number of rotatable bonds is 11. The Morgan fingerprint density at radius 2 is 1.83 bits per heavy atom. The Bertz CT molecular complexity index is 475. The van der Waals surface area contributed by atoms with E-state index in [9.17, 15) is 4.79 Å². The van der Waals surface area contributed by atoms with Crippen molar-refractivity contribution in [3.63, 3.8) is 0 Å². The van der Waals surface area contributed by atoms with Gasteiger partial charge in [0.1, 0.15) is 6.04 Å². The van der Waals surface area contributed by atoms with Crippen LogP contribution >= 0.6 is 0 Å². The van der Waals surface area contributed by atoms with Gasteiger partial charge in [-0.3, -0.25) is 0 Å². The molecule has 0 aromatic carbocycles. The molecule has 0 aliphatic carbocycles. The monoisotopic (exact) mass is 338 g/mol. The summed E-state index contributed by atoms with van der Waals surface area (Å²) in [5, 5.41) is 0. The van der Waals surface area contributed by atoms with E-state index >= 15 is 0 Å². The zero-order valence-electron chi connectivity index (χ0n) is 16.6. The molecule has 0 amide bonds. The smallest absolute Gasteiger partial charge is 0.333 e. The molecule has 0 saturated heterocycles. The Hall–Kier alpha value is -1.39. The van der Waals surface area contributed by atoms with Crippen LogP contribution < -0.4 is 0 Å². The van der Waals surface area contributed by atoms with Crippen molar-refractivity contribution in [2.45, 2.75) is 46.6 Å². The number of likely N-dealkylation sites (N-methyl/N-ethyl adjacent to an activating group) is 1. The second kappa shape index (κ2) is 11.2. The highest BCUT2D eigenvalue weighted by Gasteiger charge is 2.28. The summed E-state index contributed by atoms with van der Waals surface area (Å²) in [6.07, 6.45) is 6.14. The first-order chi connectivity index (χ1) is 11.2. The van der Waals surface area contributed by atoms with E-state index < -0.39 is 0 Å². The third-order valence-corrected chi connectivity index (χ3v) is 4.29. The maximum Gasteiger partial charge on any atom is 0.333 e. The molecule has 0 rings (SSSR count). The fourth-order valence-electron chi connectivity index (χ4n) is 2.71. The van der Waals surface area contributed by atoms with Gasteiger partial charge in [0.2, 0.25) is 0 Å². The second-order valence-corrected chi connectivity index (χ2v) is 6.98. The first kappa shape index (κ1) is 22.6. The molecule has 0 bridgehead atoms. The molecule has 0 aromatic rings. The molecule has 0 radical (unpaired) electrons. The summed E-state index contributed by atoms with van der Waals surface area (Å²) < 4.78 is 10.9. The number of allylic oxidation sites excluding steroid dienone is 1. The Kier molecular flexibility index (Phi) is 10.6. The van der Waals surface area contributed by atoms with Crippen molar-refractivity contribution in [3.05, 3.63) is 35.5 Å². The minimum Gasteiger partial charge on any atom is -0.463 e. The molecule has 0 aliphatic rings. The third kappa shape index (κ3) is 8.46. The van der Waals surface area contributed by atoms with Crippen LogP contribution in [0.1, 0.15) is 40.5 Å². The van der Waals surface area contributed by atoms with Gasteiger partial charge in [0.05, 0.1) is 33.9 Å². The number of quaternary nitrogens is 1. The number of nitrogens with zero attached hydrogens (tertiary/aromatic N) is 1. The molecular formula is C20H36NO3+. The molecule has 1 atom stereocenters. The second-order valence-electron chi connectivity index (χ2n) is 6.98. The highest BCUT2D eigenvalue weighted by molar-refractivity contribution is 5.87. The van der Waals surface area contributed by atoms with Gasteiger partial charge in [0, 0.05) is 19.1 Å². The van der Waals surface area contributed by atoms with E-state index in [0.717, 1.165) is 23.9 Å². The largest absolute Gasteiger partial charge is 0.463 e. The van der Waals surface area contributed by atoms with Crippen LogP contribution in [-0.4, -0.2) is 57.5 Å². The molecular weight excluding hydrogens is 302 g/mol. The van der Waals surface area contributed by atoms with Crippen LogP contribution in [0, 0.1) is 0 Å². The SMILES string of the molecule is C=C(C)C(CC/C(C)=C\COC)[N+](C)(C)C/C=C(\C)C(=O)OCC. The Morgan fingerprint density at radius 1 is 1.21 bits per heavy atom. The number of carbonyl (C=O) groups excluding carboxylic acids is 1. The lowest BCUT2D eigenvalue weighted by Crippen LogP contribution is -2.49. The van der Waals surface area contributed by atoms with Crippen LogP contribution in [0.15, 0.2) is 35.5 Å². The van der Waals surface area contributed by atoms with Crippen LogP contribution in [0.5, 0.6) is 0 Å². The Balaban J connectivity index is 4.92. The van der Waals surface area contributed by atoms with Gasteiger partial charge in [-0.15, -0.1) is 0 Å². The summed E-state index contributed by atoms with van der Waals surface area (Å²) in [5.74, 6) is -0.234. The number of esters is 1. The Morgan fingerprint density at radius 3 is 2.33 bits per heavy atom. The third-order valence-electron chi connectivity index (χ3n) is 4.29. The van der Waals surface area contributed by atoms with Crippen LogP contribution in [0.25, 0.3) is 0 Å². The van der Waals surface area contributed by atoms with Gasteiger partial charge in [-0.05, 0) is 45.8 Å². The molecule has 0 heterocycles. The molecule has 138 valence electrons. The van der Waals surface area contributed by atoms with E-state index in [1.807, 2.05) is 19.9 Å². The van der Waals surface area contributed by atoms with Gasteiger partial charge in [-0.25, -0.2) is 4.79 Å². The molecule has 0 fully saturated rings. The van der Waals surface area contributed by atoms with Gasteiger partial charge >= 0.3 is 5.97 Å². The van der Waals surface area contributed by atoms with Crippen molar-refractivity contribution in [2.24, 2.45) is 0 Å². The van der Waals surface area contributed by atoms with E-state index in [-0.39, 0.29) is 5.97 Å². The maximum absolute atomic E-state index is 11.7. The molecule has 4 nitrogen and oxygen atoms in total. The standard InChI is InChI=1S/C20H36NO3/c1-9-24-20(22)18(5)12-14-21(6,7)19(16(2)3)11-10-17(4)13-15-23-8/h12-13,19H,2,9-11,14-15H2,1,3-8H3/q+1/b17-13-,18-12+. The van der Waals surface area contributed by atoms with Crippen LogP contribution in [0.4, 0.5) is 0 Å². The van der Waals surface area contributed by atoms with Crippen molar-refractivity contribution >= 4 is 5.97 Å². The zero-order valence-corrected chi connectivity index (χ0v) is 16.6. The average Bonchev–Trinajstić information content (AvgIpc) is 2.50. The fourth-order valence-corrected chi connectivity index (χ4v) is 2.71. The number of methoxy groups -OCH3 is 1. The van der Waals surface area contributed by atoms with Crippen molar-refractivity contribution in [3.8, 4) is 0 Å². The molecule has 4 heteroatoms. The highest BCUT2D eigenvalue weighted by Crippen LogP contribution is 2.22. The first-order valence-corrected chi connectivity index (χ1v) is 8.62. The van der Waals surface area contributed by atoms with Gasteiger partial charge in [-0.1, -0.05) is 18.2 Å². The summed E-state index contributed by atoms with van der Waals surface area (Å²) in [4.78, 5) is 11.7. The van der Waals surface area contributed by atoms with Crippen molar-refractivity contribution in [2.75, 3.05) is 41.0 Å². The lowest BCUT2D eigenvalue weighted by molar-refractivity contribution is -0.904. The Labute approximate surface area is 148 Å². The molecule has 24 heavy (non-hydrogen) atoms. The molecule has 0 N–H and O–H groups in total. The van der Waals surface area contributed by atoms with Gasteiger partial charge in [0.25, 0.3) is 0 Å². The summed E-state index contributed by atoms with van der Waals surface area (Å²) in [7, 11) is 6.07. The van der Waals surface area contributed by atoms with Crippen molar-refractivity contribution < 1.29 is 18.8 Å². The van der Waals surface area contributed by atoms with Crippen LogP contribution in [-0.2, 0) is 14.3 Å². The lowest BCUT2D eigenvalue weighted by atomic mass is 9.98. The van der Waals surface area contributed by atoms with Crippen LogP contribution in [0.3, 0.4) is 0 Å². The molecule has 1 unspecified atom stereocenters. The van der Waals surface area contributed by atoms with Gasteiger partial charge in [-0.2, -0.15) is 0 Å². The fraction of sp³-hybridized carbons (Fsp3) is 0.650. The minimum atomic E-state index is -0.234. The quantitative estimate of drug-likeness (QED) is 0.248. The average molecular weight is 339 g/mol. The number of carbonyl (C=O) groups is 1. The van der Waals surface area contributed by atoms with Gasteiger partial charge in [0.15, 0.2) is 0 Å². The van der Waals surface area contributed by atoms with Crippen LogP contribution in [0.2, 0.25) is 0 Å². The molecule has 0 aromatic heterocycles. The van der Waals surface area contributed by atoms with E-state index in [4.69, 9.17) is 9.47 Å². The van der Waals surface area contributed by atoms with Crippen molar-refractivity contribution in [1.29, 1.82) is 0 Å². The summed E-state index contributed by atoms with van der Waals surface area (Å²) in [6, 6.07) is 0.335. The van der Waals surface area contributed by atoms with Gasteiger partial charge < -0.3 is 14.0 Å². The molecule has 0 aliphatic heterocycles. The van der Waals surface area contributed by atoms with Crippen molar-refractivity contribution in [1.82, 2.24) is 0 Å². The van der Waals surface area contributed by atoms with E-state index in [2.05, 4.69) is 40.6 Å². The normalized spacial score (nSPS) is 14.5. The predicted octanol–water partition coefficient (Wildman–Crippen LogP) is 3.89. The highest BCUT2D eigenvalue weighted by atomic mass is 16.5. The number of hydrogen-bond donors (Lipinski definition) is 0. The topological polar surface area (TPSA) is 35.5 Å². The number of ether oxygens (including phenoxy) is 2. The molecule has 0 spiro atoms. The van der Waals surface area contributed by atoms with E-state index in [0.29, 0.717) is 24.8 Å². The summed E-state index contributed by atoms with van der Waals surface area (Å²) in [6.45, 7) is 13.9. The zero-order chi connectivity index (χ0) is 18.8. The summed E-state index contributed by atoms with van der Waals surface area (Å²) in [5.41, 5.74) is 3.17. The lowest BCUT2D eigenvalue weighted by Gasteiger charge is -2.38. The number of hydrogen-bond acceptors (Lipinski definition) is 3. The van der Waals surface area contributed by atoms with E-state index in [1.165, 1.54) is 11.1 Å². The minimum absolute atomic E-state index is 0.234. The first-order valence-electron chi connectivity index (χ1n) is 8.62. The van der Waals surface area contributed by atoms with E-state index in [1.54, 1.807) is 7.11 Å². The summed E-state index contributed by atoms with van der Waals surface area (Å²) >= 11 is 0. The molecule has 0 saturated carbocycles. The predicted molar refractivity (Wildman–Crippen MR) is 101 cm³/mol. The maximum atomic E-state index is 11.7.